The lowest BCUT2D eigenvalue weighted by Gasteiger charge is -2.26. The van der Waals surface area contributed by atoms with E-state index in [1.165, 1.54) is 49.8 Å². The van der Waals surface area contributed by atoms with Crippen molar-refractivity contribution in [2.24, 2.45) is 11.8 Å². The maximum atomic E-state index is 12.8. The molecule has 1 aromatic rings. The van der Waals surface area contributed by atoms with Gasteiger partial charge in [-0.25, -0.2) is 0 Å². The highest BCUT2D eigenvalue weighted by atomic mass is 16.2. The van der Waals surface area contributed by atoms with Gasteiger partial charge in [0.2, 0.25) is 0 Å². The Kier molecular flexibility index (Phi) is 6.96. The van der Waals surface area contributed by atoms with Crippen LogP contribution in [0.2, 0.25) is 0 Å². The molecule has 5 nitrogen and oxygen atoms in total. The Balaban J connectivity index is 1.76. The summed E-state index contributed by atoms with van der Waals surface area (Å²) in [5.41, 5.74) is 3.23. The van der Waals surface area contributed by atoms with E-state index in [1.807, 2.05) is 14.1 Å². The van der Waals surface area contributed by atoms with Gasteiger partial charge < -0.3 is 10.2 Å². The molecule has 0 radical (unpaired) electrons. The normalized spacial score (nSPS) is 20.7. The number of fused-ring (bicyclic) bond motifs is 1. The summed E-state index contributed by atoms with van der Waals surface area (Å²) in [6.07, 6.45) is 11.0. The molecule has 152 valence electrons. The summed E-state index contributed by atoms with van der Waals surface area (Å²) in [7, 11) is 3.66. The maximum Gasteiger partial charge on any atom is 0.274 e. The molecule has 0 saturated heterocycles. The standard InChI is InChI=1S/C22H38N4O/c1-16(2)12-13-23-18-10-11-20-19(14-18)21(22(27)25(3)4)24-26(20)15-17-8-6-5-7-9-17/h16-18,23H,5-15H2,1-4H3/t18-/m1/s1. The molecule has 5 heteroatoms. The molecule has 1 atom stereocenters. The molecule has 1 N–H and O–H groups in total. The average molecular weight is 375 g/mol. The minimum atomic E-state index is 0.0523. The van der Waals surface area contributed by atoms with Crippen molar-refractivity contribution in [3.8, 4) is 0 Å². The van der Waals surface area contributed by atoms with Crippen molar-refractivity contribution in [1.29, 1.82) is 0 Å². The molecule has 0 aliphatic heterocycles. The second-order valence-electron chi connectivity index (χ2n) is 9.24. The predicted octanol–water partition coefficient (Wildman–Crippen LogP) is 3.66. The third-order valence-electron chi connectivity index (χ3n) is 6.27. The average Bonchev–Trinajstić information content (AvgIpc) is 2.99. The van der Waals surface area contributed by atoms with Crippen molar-refractivity contribution >= 4 is 5.91 Å². The predicted molar refractivity (Wildman–Crippen MR) is 110 cm³/mol. The maximum absolute atomic E-state index is 12.8. The summed E-state index contributed by atoms with van der Waals surface area (Å²) in [6, 6.07) is 0.470. The molecule has 1 amide bonds. The molecule has 0 bridgehead atoms. The van der Waals surface area contributed by atoms with E-state index in [9.17, 15) is 4.79 Å². The topological polar surface area (TPSA) is 50.2 Å². The van der Waals surface area contributed by atoms with E-state index in [0.29, 0.717) is 11.7 Å². The molecule has 1 aromatic heterocycles. The van der Waals surface area contributed by atoms with E-state index < -0.39 is 0 Å². The quantitative estimate of drug-likeness (QED) is 0.792. The molecule has 0 spiro atoms. The lowest BCUT2D eigenvalue weighted by atomic mass is 9.88. The van der Waals surface area contributed by atoms with Crippen molar-refractivity contribution in [3.05, 3.63) is 17.0 Å². The Bertz CT molecular complexity index is 629. The first-order valence-corrected chi connectivity index (χ1v) is 11.0. The number of rotatable bonds is 7. The number of hydrogen-bond donors (Lipinski definition) is 1. The number of hydrogen-bond acceptors (Lipinski definition) is 3. The fraction of sp³-hybridized carbons (Fsp3) is 0.818. The van der Waals surface area contributed by atoms with Crippen LogP contribution in [0.3, 0.4) is 0 Å². The van der Waals surface area contributed by atoms with Crippen LogP contribution in [0.1, 0.15) is 80.5 Å². The summed E-state index contributed by atoms with van der Waals surface area (Å²) in [4.78, 5) is 14.4. The summed E-state index contributed by atoms with van der Waals surface area (Å²) in [5, 5.41) is 8.57. The SMILES string of the molecule is CC(C)CCN[C@@H]1CCc2c(c(C(=O)N(C)C)nn2CC2CCCCC2)C1. The molecule has 1 fully saturated rings. The van der Waals surface area contributed by atoms with Gasteiger partial charge in [-0.1, -0.05) is 33.1 Å². The first kappa shape index (κ1) is 20.4. The van der Waals surface area contributed by atoms with E-state index in [1.54, 1.807) is 4.90 Å². The van der Waals surface area contributed by atoms with E-state index in [2.05, 4.69) is 23.8 Å². The summed E-state index contributed by atoms with van der Waals surface area (Å²) in [6.45, 7) is 6.59. The Hall–Kier alpha value is -1.36. The van der Waals surface area contributed by atoms with E-state index in [-0.39, 0.29) is 5.91 Å². The van der Waals surface area contributed by atoms with Gasteiger partial charge >= 0.3 is 0 Å². The van der Waals surface area contributed by atoms with Crippen LogP contribution in [0.15, 0.2) is 0 Å². The third kappa shape index (κ3) is 5.13. The fourth-order valence-electron chi connectivity index (χ4n) is 4.59. The van der Waals surface area contributed by atoms with Crippen LogP contribution in [0.4, 0.5) is 0 Å². The lowest BCUT2D eigenvalue weighted by Crippen LogP contribution is -2.36. The van der Waals surface area contributed by atoms with Crippen LogP contribution in [-0.2, 0) is 19.4 Å². The van der Waals surface area contributed by atoms with Gasteiger partial charge in [-0.2, -0.15) is 5.10 Å². The van der Waals surface area contributed by atoms with Gasteiger partial charge in [0.1, 0.15) is 0 Å². The third-order valence-corrected chi connectivity index (χ3v) is 6.27. The molecule has 1 saturated carbocycles. The molecular formula is C22H38N4O. The summed E-state index contributed by atoms with van der Waals surface area (Å²) in [5.74, 6) is 1.50. The molecule has 2 aliphatic carbocycles. The Morgan fingerprint density at radius 3 is 2.63 bits per heavy atom. The number of nitrogens with one attached hydrogen (secondary N) is 1. The van der Waals surface area contributed by atoms with Gasteiger partial charge in [-0.3, -0.25) is 9.48 Å². The first-order chi connectivity index (χ1) is 13.0. The second kappa shape index (κ2) is 9.22. The highest BCUT2D eigenvalue weighted by molar-refractivity contribution is 5.93. The summed E-state index contributed by atoms with van der Waals surface area (Å²) >= 11 is 0. The molecule has 3 rings (SSSR count). The summed E-state index contributed by atoms with van der Waals surface area (Å²) < 4.78 is 2.20. The number of amides is 1. The molecular weight excluding hydrogens is 336 g/mol. The number of carbonyl (C=O) groups excluding carboxylic acids is 1. The molecule has 27 heavy (non-hydrogen) atoms. The molecule has 2 aliphatic rings. The van der Waals surface area contributed by atoms with Crippen molar-refractivity contribution < 1.29 is 4.79 Å². The molecule has 0 unspecified atom stereocenters. The number of aromatic nitrogens is 2. The zero-order valence-electron chi connectivity index (χ0n) is 17.8. The highest BCUT2D eigenvalue weighted by Gasteiger charge is 2.30. The minimum absolute atomic E-state index is 0.0523. The van der Waals surface area contributed by atoms with Gasteiger partial charge in [0, 0.05) is 37.9 Å². The minimum Gasteiger partial charge on any atom is -0.343 e. The van der Waals surface area contributed by atoms with Crippen molar-refractivity contribution in [3.63, 3.8) is 0 Å². The van der Waals surface area contributed by atoms with Crippen LogP contribution in [0.5, 0.6) is 0 Å². The van der Waals surface area contributed by atoms with Gasteiger partial charge in [0.05, 0.1) is 0 Å². The van der Waals surface area contributed by atoms with E-state index >= 15 is 0 Å². The van der Waals surface area contributed by atoms with Crippen LogP contribution < -0.4 is 5.32 Å². The van der Waals surface area contributed by atoms with Crippen LogP contribution in [0.25, 0.3) is 0 Å². The van der Waals surface area contributed by atoms with E-state index in [4.69, 9.17) is 5.10 Å². The van der Waals surface area contributed by atoms with Crippen molar-refractivity contribution in [2.75, 3.05) is 20.6 Å². The highest BCUT2D eigenvalue weighted by Crippen LogP contribution is 2.30. The zero-order valence-corrected chi connectivity index (χ0v) is 17.8. The largest absolute Gasteiger partial charge is 0.343 e. The van der Waals surface area contributed by atoms with Crippen molar-refractivity contribution in [1.82, 2.24) is 20.0 Å². The van der Waals surface area contributed by atoms with Gasteiger partial charge in [0.25, 0.3) is 5.91 Å². The van der Waals surface area contributed by atoms with Crippen LogP contribution in [-0.4, -0.2) is 47.3 Å². The van der Waals surface area contributed by atoms with Crippen LogP contribution in [0, 0.1) is 11.8 Å². The van der Waals surface area contributed by atoms with Gasteiger partial charge in [0.15, 0.2) is 5.69 Å². The van der Waals surface area contributed by atoms with E-state index in [0.717, 1.165) is 44.2 Å². The second-order valence-corrected chi connectivity index (χ2v) is 9.24. The van der Waals surface area contributed by atoms with Gasteiger partial charge in [-0.15, -0.1) is 0 Å². The first-order valence-electron chi connectivity index (χ1n) is 11.0. The number of carbonyl (C=O) groups is 1. The lowest BCUT2D eigenvalue weighted by molar-refractivity contribution is 0.0819. The Morgan fingerprint density at radius 1 is 1.22 bits per heavy atom. The molecule has 1 heterocycles. The van der Waals surface area contributed by atoms with Crippen LogP contribution >= 0.6 is 0 Å². The van der Waals surface area contributed by atoms with Crippen molar-refractivity contribution in [2.45, 2.75) is 84.2 Å². The Labute approximate surface area is 164 Å². The fourth-order valence-corrected chi connectivity index (χ4v) is 4.59. The number of nitrogens with zero attached hydrogens (tertiary/aromatic N) is 3. The zero-order chi connectivity index (χ0) is 19.4. The smallest absolute Gasteiger partial charge is 0.274 e. The Morgan fingerprint density at radius 2 is 1.96 bits per heavy atom. The monoisotopic (exact) mass is 374 g/mol. The molecule has 0 aromatic carbocycles. The van der Waals surface area contributed by atoms with Gasteiger partial charge in [-0.05, 0) is 56.9 Å².